The van der Waals surface area contributed by atoms with Gasteiger partial charge in [-0.05, 0) is 81.0 Å². The Labute approximate surface area is 278 Å². The number of rotatable bonds is 14. The second-order valence-corrected chi connectivity index (χ2v) is 15.0. The number of pyridine rings is 1. The highest BCUT2D eigenvalue weighted by molar-refractivity contribution is 7.98. The minimum atomic E-state index is -0.120. The van der Waals surface area contributed by atoms with Gasteiger partial charge in [0.2, 0.25) is 0 Å². The van der Waals surface area contributed by atoms with Gasteiger partial charge in [-0.25, -0.2) is 4.98 Å². The van der Waals surface area contributed by atoms with Crippen LogP contribution in [-0.4, -0.2) is 51.9 Å². The topological polar surface area (TPSA) is 55.2 Å². The number of methoxy groups -OCH3 is 1. The number of nitrogens with zero attached hydrogens (tertiary/aromatic N) is 4. The molecule has 5 rings (SSSR count). The molecule has 6 nitrogen and oxygen atoms in total. The van der Waals surface area contributed by atoms with Gasteiger partial charge in [-0.3, -0.25) is 9.71 Å². The first-order valence-corrected chi connectivity index (χ1v) is 17.9. The molecule has 1 saturated heterocycles. The Balaban J connectivity index is 1.56. The minimum Gasteiger partial charge on any atom is -0.380 e. The summed E-state index contributed by atoms with van der Waals surface area (Å²) in [6, 6.07) is 11.1. The standard InChI is InChI=1S/C37H49N5OS2/c1-9-41(7)24-37(5,6)22-30-29-21-27(31-23-44-34(40-31)18-15-25(3)33-14-12-20-39-45-33)16-17-32(29)42(10-2)36(30)28-13-11-19-38-35(28)26(4)43-8/h9,11,13,16-17,19,21,23,26,33,39H,1,3,10,12,14-15,18,20,22,24H2,2,4-8H3. The second-order valence-electron chi connectivity index (χ2n) is 13.0. The quantitative estimate of drug-likeness (QED) is 0.109. The maximum atomic E-state index is 5.80. The van der Waals surface area contributed by atoms with Crippen LogP contribution in [0.5, 0.6) is 0 Å². The van der Waals surface area contributed by atoms with Crippen LogP contribution >= 0.6 is 23.3 Å². The predicted molar refractivity (Wildman–Crippen MR) is 194 cm³/mol. The first-order valence-electron chi connectivity index (χ1n) is 16.1. The maximum absolute atomic E-state index is 5.80. The third-order valence-corrected chi connectivity index (χ3v) is 11.0. The molecule has 0 radical (unpaired) electrons. The fourth-order valence-corrected chi connectivity index (χ4v) is 8.42. The lowest BCUT2D eigenvalue weighted by Crippen LogP contribution is -2.29. The van der Waals surface area contributed by atoms with Crippen molar-refractivity contribution in [3.05, 3.63) is 83.1 Å². The van der Waals surface area contributed by atoms with E-state index in [0.29, 0.717) is 5.25 Å². The van der Waals surface area contributed by atoms with Crippen LogP contribution in [0.25, 0.3) is 33.4 Å². The molecule has 1 aliphatic heterocycles. The summed E-state index contributed by atoms with van der Waals surface area (Å²) in [6.07, 6.45) is 8.93. The van der Waals surface area contributed by atoms with E-state index in [4.69, 9.17) is 14.7 Å². The zero-order valence-corrected chi connectivity index (χ0v) is 29.5. The van der Waals surface area contributed by atoms with E-state index in [0.717, 1.165) is 61.4 Å². The minimum absolute atomic E-state index is 0.00186. The Morgan fingerprint density at radius 3 is 2.84 bits per heavy atom. The SMILES string of the molecule is C=CN(C)CC(C)(C)Cc1c(-c2cccnc2C(C)OC)n(CC)c2ccc(-c3csc(CCC(=C)C4CCCNS4)n3)cc12. The maximum Gasteiger partial charge on any atom is 0.0969 e. The second kappa shape index (κ2) is 14.7. The number of aryl methyl sites for hydroxylation is 2. The number of nitrogens with one attached hydrogen (secondary N) is 1. The molecule has 2 atom stereocenters. The van der Waals surface area contributed by atoms with Gasteiger partial charge >= 0.3 is 0 Å². The lowest BCUT2D eigenvalue weighted by atomic mass is 9.83. The van der Waals surface area contributed by atoms with Crippen molar-refractivity contribution >= 4 is 34.2 Å². The normalized spacial score (nSPS) is 16.2. The van der Waals surface area contributed by atoms with E-state index in [1.807, 2.05) is 30.4 Å². The third-order valence-electron chi connectivity index (χ3n) is 8.89. The monoisotopic (exact) mass is 643 g/mol. The van der Waals surface area contributed by atoms with E-state index < -0.39 is 0 Å². The molecule has 45 heavy (non-hydrogen) atoms. The van der Waals surface area contributed by atoms with Crippen molar-refractivity contribution in [1.82, 2.24) is 24.2 Å². The van der Waals surface area contributed by atoms with Crippen LogP contribution in [0, 0.1) is 5.41 Å². The average molecular weight is 644 g/mol. The van der Waals surface area contributed by atoms with Gasteiger partial charge in [0, 0.05) is 79.1 Å². The molecule has 4 heterocycles. The van der Waals surface area contributed by atoms with E-state index in [-0.39, 0.29) is 11.5 Å². The van der Waals surface area contributed by atoms with Crippen LogP contribution in [0.2, 0.25) is 0 Å². The lowest BCUT2D eigenvalue weighted by Gasteiger charge is -2.30. The number of hydrogen-bond acceptors (Lipinski definition) is 7. The summed E-state index contributed by atoms with van der Waals surface area (Å²) < 4.78 is 11.7. The fourth-order valence-electron chi connectivity index (χ4n) is 6.58. The van der Waals surface area contributed by atoms with Gasteiger partial charge in [-0.1, -0.05) is 50.6 Å². The van der Waals surface area contributed by atoms with Crippen molar-refractivity contribution in [2.45, 2.75) is 77.7 Å². The van der Waals surface area contributed by atoms with Gasteiger partial charge < -0.3 is 14.2 Å². The van der Waals surface area contributed by atoms with Crippen molar-refractivity contribution in [3.63, 3.8) is 0 Å². The van der Waals surface area contributed by atoms with Crippen LogP contribution in [0.15, 0.2) is 66.8 Å². The molecule has 1 N–H and O–H groups in total. The van der Waals surface area contributed by atoms with Gasteiger partial charge in [0.15, 0.2) is 0 Å². The van der Waals surface area contributed by atoms with Crippen molar-refractivity contribution in [2.75, 3.05) is 27.2 Å². The molecular formula is C37H49N5OS2. The molecule has 3 aromatic heterocycles. The average Bonchev–Trinajstić information content (AvgIpc) is 3.65. The zero-order valence-electron chi connectivity index (χ0n) is 27.9. The number of aromatic nitrogens is 3. The number of hydrogen-bond donors (Lipinski definition) is 1. The summed E-state index contributed by atoms with van der Waals surface area (Å²) in [7, 11) is 3.85. The molecule has 0 amide bonds. The molecular weight excluding hydrogens is 595 g/mol. The van der Waals surface area contributed by atoms with Gasteiger partial charge in [0.05, 0.1) is 28.2 Å². The number of thiazole rings is 1. The zero-order chi connectivity index (χ0) is 32.1. The number of benzene rings is 1. The van der Waals surface area contributed by atoms with Gasteiger partial charge in [-0.2, -0.15) is 0 Å². The summed E-state index contributed by atoms with van der Waals surface area (Å²) in [5.74, 6) is 0. The van der Waals surface area contributed by atoms with Crippen LogP contribution in [0.1, 0.15) is 69.3 Å². The van der Waals surface area contributed by atoms with Crippen molar-refractivity contribution < 1.29 is 4.74 Å². The molecule has 1 aromatic carbocycles. The fraction of sp³-hybridized carbons (Fsp3) is 0.459. The smallest absolute Gasteiger partial charge is 0.0969 e. The predicted octanol–water partition coefficient (Wildman–Crippen LogP) is 9.09. The summed E-state index contributed by atoms with van der Waals surface area (Å²) in [5.41, 5.74) is 9.46. The highest BCUT2D eigenvalue weighted by Crippen LogP contribution is 2.42. The molecule has 1 fully saturated rings. The van der Waals surface area contributed by atoms with Gasteiger partial charge in [0.25, 0.3) is 0 Å². The summed E-state index contributed by atoms with van der Waals surface area (Å²) in [6.45, 7) is 20.3. The van der Waals surface area contributed by atoms with E-state index in [1.54, 1.807) is 18.4 Å². The molecule has 2 unspecified atom stereocenters. The number of ether oxygens (including phenoxy) is 1. The molecule has 0 spiro atoms. The van der Waals surface area contributed by atoms with E-state index >= 15 is 0 Å². The Kier molecular flexibility index (Phi) is 10.9. The van der Waals surface area contributed by atoms with Crippen LogP contribution < -0.4 is 4.72 Å². The Morgan fingerprint density at radius 2 is 2.13 bits per heavy atom. The molecule has 240 valence electrons. The highest BCUT2D eigenvalue weighted by atomic mass is 32.2. The molecule has 1 aliphatic rings. The van der Waals surface area contributed by atoms with E-state index in [2.05, 4.69) is 91.7 Å². The first kappa shape index (κ1) is 33.5. The molecule has 0 aliphatic carbocycles. The van der Waals surface area contributed by atoms with E-state index in [9.17, 15) is 0 Å². The van der Waals surface area contributed by atoms with Crippen molar-refractivity contribution in [2.24, 2.45) is 5.41 Å². The molecule has 0 saturated carbocycles. The number of fused-ring (bicyclic) bond motifs is 1. The summed E-state index contributed by atoms with van der Waals surface area (Å²) in [5, 5.41) is 5.19. The highest BCUT2D eigenvalue weighted by Gasteiger charge is 2.28. The Hall–Kier alpha value is -2.91. The molecule has 0 bridgehead atoms. The van der Waals surface area contributed by atoms with Crippen molar-refractivity contribution in [1.29, 1.82) is 0 Å². The Bertz CT molecular complexity index is 1630. The third kappa shape index (κ3) is 7.57. The van der Waals surface area contributed by atoms with E-state index in [1.165, 1.54) is 45.6 Å². The summed E-state index contributed by atoms with van der Waals surface area (Å²) in [4.78, 5) is 12.1. The van der Waals surface area contributed by atoms with Crippen molar-refractivity contribution in [3.8, 4) is 22.5 Å². The largest absolute Gasteiger partial charge is 0.380 e. The van der Waals surface area contributed by atoms with Gasteiger partial charge in [-0.15, -0.1) is 11.3 Å². The van der Waals surface area contributed by atoms with Crippen LogP contribution in [0.3, 0.4) is 0 Å². The van der Waals surface area contributed by atoms with Crippen LogP contribution in [-0.2, 0) is 24.1 Å². The molecule has 8 heteroatoms. The lowest BCUT2D eigenvalue weighted by molar-refractivity contribution is 0.116. The molecule has 4 aromatic rings. The summed E-state index contributed by atoms with van der Waals surface area (Å²) >= 11 is 3.60. The van der Waals surface area contributed by atoms with Gasteiger partial charge in [0.1, 0.15) is 0 Å². The van der Waals surface area contributed by atoms with Crippen LogP contribution in [0.4, 0.5) is 0 Å². The first-order chi connectivity index (χ1) is 21.7. The Morgan fingerprint density at radius 1 is 1.31 bits per heavy atom.